The number of hydrogen-bond acceptors (Lipinski definition) is 2. The van der Waals surface area contributed by atoms with E-state index in [1.165, 1.54) is 12.1 Å². The van der Waals surface area contributed by atoms with Gasteiger partial charge in [0.2, 0.25) is 0 Å². The highest BCUT2D eigenvalue weighted by atomic mass is 19.1. The fourth-order valence-electron chi connectivity index (χ4n) is 3.12. The minimum atomic E-state index is -0.233. The van der Waals surface area contributed by atoms with E-state index in [1.54, 1.807) is 12.1 Å². The average Bonchev–Trinajstić information content (AvgIpc) is 2.75. The highest BCUT2D eigenvalue weighted by Gasteiger charge is 2.26. The summed E-state index contributed by atoms with van der Waals surface area (Å²) in [7, 11) is 0. The Morgan fingerprint density at radius 1 is 1.17 bits per heavy atom. The Morgan fingerprint density at radius 3 is 2.46 bits per heavy atom. The first-order valence-electron chi connectivity index (χ1n) is 8.80. The van der Waals surface area contributed by atoms with E-state index in [-0.39, 0.29) is 23.4 Å². The van der Waals surface area contributed by atoms with Crippen molar-refractivity contribution in [3.63, 3.8) is 0 Å². The summed E-state index contributed by atoms with van der Waals surface area (Å²) in [5.74, 6) is -0.233. The number of hydrogen-bond donors (Lipinski definition) is 1. The molecule has 5 heteroatoms. The molecule has 0 bridgehead atoms. The first-order valence-corrected chi connectivity index (χ1v) is 8.80. The van der Waals surface area contributed by atoms with Crippen molar-refractivity contribution in [2.24, 2.45) is 0 Å². The number of rotatable bonds is 3. The van der Waals surface area contributed by atoms with Crippen molar-refractivity contribution in [3.05, 3.63) is 35.6 Å². The van der Waals surface area contributed by atoms with Gasteiger partial charge in [-0.25, -0.2) is 9.18 Å². The van der Waals surface area contributed by atoms with Gasteiger partial charge in [-0.1, -0.05) is 12.1 Å². The summed E-state index contributed by atoms with van der Waals surface area (Å²) in [5, 5.41) is 3.07. The number of carbonyl (C=O) groups excluding carboxylic acids is 1. The topological polar surface area (TPSA) is 35.6 Å². The van der Waals surface area contributed by atoms with Crippen molar-refractivity contribution in [1.82, 2.24) is 15.1 Å². The number of halogens is 1. The molecule has 134 valence electrons. The lowest BCUT2D eigenvalue weighted by Crippen LogP contribution is -2.47. The van der Waals surface area contributed by atoms with E-state index in [2.05, 4.69) is 31.0 Å². The fourth-order valence-corrected chi connectivity index (χ4v) is 3.12. The Kier molecular flexibility index (Phi) is 6.21. The van der Waals surface area contributed by atoms with Crippen LogP contribution in [0.3, 0.4) is 0 Å². The maximum absolute atomic E-state index is 13.0. The summed E-state index contributed by atoms with van der Waals surface area (Å²) in [4.78, 5) is 16.8. The average molecular weight is 335 g/mol. The Labute approximate surface area is 145 Å². The predicted molar refractivity (Wildman–Crippen MR) is 95.6 cm³/mol. The zero-order chi connectivity index (χ0) is 17.7. The summed E-state index contributed by atoms with van der Waals surface area (Å²) in [5.41, 5.74) is 1.17. The molecule has 0 unspecified atom stereocenters. The van der Waals surface area contributed by atoms with Crippen LogP contribution in [-0.4, -0.2) is 53.6 Å². The molecule has 4 nitrogen and oxygen atoms in total. The van der Waals surface area contributed by atoms with Gasteiger partial charge in [0.25, 0.3) is 0 Å². The van der Waals surface area contributed by atoms with Crippen LogP contribution in [0, 0.1) is 5.82 Å². The van der Waals surface area contributed by atoms with Crippen molar-refractivity contribution in [2.75, 3.05) is 26.2 Å². The first kappa shape index (κ1) is 18.7. The van der Waals surface area contributed by atoms with Crippen LogP contribution in [0.5, 0.6) is 0 Å². The zero-order valence-electron chi connectivity index (χ0n) is 15.3. The van der Waals surface area contributed by atoms with Crippen molar-refractivity contribution in [1.29, 1.82) is 0 Å². The molecule has 1 aliphatic heterocycles. The molecule has 0 spiro atoms. The SMILES string of the molecule is C[C@H](Cc1ccc(F)cc1)NC(=O)N1CCCN(C(C)(C)C)CC1. The lowest BCUT2D eigenvalue weighted by atomic mass is 10.1. The molecule has 2 rings (SSSR count). The van der Waals surface area contributed by atoms with Gasteiger partial charge in [0.1, 0.15) is 5.82 Å². The van der Waals surface area contributed by atoms with Crippen LogP contribution in [0.1, 0.15) is 39.7 Å². The van der Waals surface area contributed by atoms with Crippen LogP contribution in [0.4, 0.5) is 9.18 Å². The van der Waals surface area contributed by atoms with Gasteiger partial charge in [0.05, 0.1) is 0 Å². The van der Waals surface area contributed by atoms with Gasteiger partial charge >= 0.3 is 6.03 Å². The second kappa shape index (κ2) is 7.97. The maximum Gasteiger partial charge on any atom is 0.317 e. The molecule has 1 heterocycles. The molecule has 1 aliphatic rings. The van der Waals surface area contributed by atoms with E-state index in [0.717, 1.165) is 38.2 Å². The molecular formula is C19H30FN3O. The van der Waals surface area contributed by atoms with Crippen LogP contribution >= 0.6 is 0 Å². The summed E-state index contributed by atoms with van der Waals surface area (Å²) in [6.07, 6.45) is 1.70. The Hall–Kier alpha value is -1.62. The third kappa shape index (κ3) is 5.48. The van der Waals surface area contributed by atoms with Crippen molar-refractivity contribution >= 4 is 6.03 Å². The van der Waals surface area contributed by atoms with Gasteiger partial charge in [-0.15, -0.1) is 0 Å². The fraction of sp³-hybridized carbons (Fsp3) is 0.632. The number of nitrogens with one attached hydrogen (secondary N) is 1. The smallest absolute Gasteiger partial charge is 0.317 e. The van der Waals surface area contributed by atoms with Gasteiger partial charge in [-0.05, 0) is 58.2 Å². The zero-order valence-corrected chi connectivity index (χ0v) is 15.3. The maximum atomic E-state index is 13.0. The number of amides is 2. The summed E-state index contributed by atoms with van der Waals surface area (Å²) in [6, 6.07) is 6.47. The molecule has 0 aromatic heterocycles. The number of benzene rings is 1. The highest BCUT2D eigenvalue weighted by molar-refractivity contribution is 5.74. The second-order valence-electron chi connectivity index (χ2n) is 7.68. The van der Waals surface area contributed by atoms with Crippen molar-refractivity contribution < 1.29 is 9.18 Å². The first-order chi connectivity index (χ1) is 11.3. The normalized spacial score (nSPS) is 18.1. The van der Waals surface area contributed by atoms with Gasteiger partial charge in [0.15, 0.2) is 0 Å². The van der Waals surface area contributed by atoms with Gasteiger partial charge in [0, 0.05) is 37.8 Å². The van der Waals surface area contributed by atoms with E-state index in [4.69, 9.17) is 0 Å². The van der Waals surface area contributed by atoms with E-state index >= 15 is 0 Å². The highest BCUT2D eigenvalue weighted by Crippen LogP contribution is 2.16. The molecule has 1 N–H and O–H groups in total. The minimum absolute atomic E-state index is 0.000343. The molecule has 1 atom stereocenters. The molecule has 1 fully saturated rings. The molecule has 0 radical (unpaired) electrons. The number of nitrogens with zero attached hydrogens (tertiary/aromatic N) is 2. The van der Waals surface area contributed by atoms with Crippen LogP contribution in [0.2, 0.25) is 0 Å². The van der Waals surface area contributed by atoms with Gasteiger partial charge in [-0.3, -0.25) is 4.90 Å². The van der Waals surface area contributed by atoms with E-state index in [1.807, 2.05) is 11.8 Å². The third-order valence-electron chi connectivity index (χ3n) is 4.56. The monoisotopic (exact) mass is 335 g/mol. The molecule has 0 aliphatic carbocycles. The lowest BCUT2D eigenvalue weighted by Gasteiger charge is -2.34. The van der Waals surface area contributed by atoms with Crippen LogP contribution in [-0.2, 0) is 6.42 Å². The minimum Gasteiger partial charge on any atom is -0.335 e. The lowest BCUT2D eigenvalue weighted by molar-refractivity contribution is 0.141. The summed E-state index contributed by atoms with van der Waals surface area (Å²) < 4.78 is 13.0. The molecule has 0 saturated carbocycles. The van der Waals surface area contributed by atoms with Crippen LogP contribution < -0.4 is 5.32 Å². The molecule has 1 aromatic carbocycles. The van der Waals surface area contributed by atoms with E-state index in [0.29, 0.717) is 6.42 Å². The molecule has 1 saturated heterocycles. The van der Waals surface area contributed by atoms with Crippen molar-refractivity contribution in [3.8, 4) is 0 Å². The van der Waals surface area contributed by atoms with Crippen LogP contribution in [0.25, 0.3) is 0 Å². The Bertz CT molecular complexity index is 539. The third-order valence-corrected chi connectivity index (χ3v) is 4.56. The van der Waals surface area contributed by atoms with E-state index in [9.17, 15) is 9.18 Å². The Morgan fingerprint density at radius 2 is 1.83 bits per heavy atom. The molecule has 24 heavy (non-hydrogen) atoms. The largest absolute Gasteiger partial charge is 0.335 e. The Balaban J connectivity index is 1.84. The molecular weight excluding hydrogens is 305 g/mol. The standard InChI is InChI=1S/C19H30FN3O/c1-15(14-16-6-8-17(20)9-7-16)21-18(24)22-10-5-11-23(13-12-22)19(2,3)4/h6-9,15H,5,10-14H2,1-4H3,(H,21,24)/t15-/m1/s1. The van der Waals surface area contributed by atoms with Gasteiger partial charge < -0.3 is 10.2 Å². The molecule has 1 aromatic rings. The number of urea groups is 1. The quantitative estimate of drug-likeness (QED) is 0.920. The van der Waals surface area contributed by atoms with E-state index < -0.39 is 0 Å². The molecule has 2 amide bonds. The van der Waals surface area contributed by atoms with Crippen LogP contribution in [0.15, 0.2) is 24.3 Å². The summed E-state index contributed by atoms with van der Waals surface area (Å²) in [6.45, 7) is 12.1. The summed E-state index contributed by atoms with van der Waals surface area (Å²) >= 11 is 0. The predicted octanol–water partition coefficient (Wildman–Crippen LogP) is 3.27. The number of carbonyl (C=O) groups is 1. The van der Waals surface area contributed by atoms with Crippen molar-refractivity contribution in [2.45, 2.75) is 52.1 Å². The second-order valence-corrected chi connectivity index (χ2v) is 7.68. The van der Waals surface area contributed by atoms with Gasteiger partial charge in [-0.2, -0.15) is 0 Å².